The third-order valence-electron chi connectivity index (χ3n) is 4.72. The Morgan fingerprint density at radius 2 is 1.93 bits per heavy atom. The van der Waals surface area contributed by atoms with Crippen LogP contribution < -0.4 is 15.5 Å². The molecule has 0 fully saturated rings. The Labute approximate surface area is 162 Å². The number of carbonyl (C=O) groups excluding carboxylic acids is 1. The molecule has 0 spiro atoms. The molecular formula is C19H22FN2O5P. The van der Waals surface area contributed by atoms with Gasteiger partial charge in [0.2, 0.25) is 0 Å². The van der Waals surface area contributed by atoms with Crippen LogP contribution in [0, 0.1) is 0 Å². The number of hydrogen-bond donors (Lipinski definition) is 2. The second-order valence-corrected chi connectivity index (χ2v) is 8.63. The van der Waals surface area contributed by atoms with Crippen LogP contribution in [0.2, 0.25) is 0 Å². The number of ether oxygens (including phenoxy) is 1. The molecule has 1 aliphatic rings. The Morgan fingerprint density at radius 1 is 1.25 bits per heavy atom. The van der Waals surface area contributed by atoms with Crippen LogP contribution >= 0.6 is 7.52 Å². The smallest absolute Gasteiger partial charge is 0.303 e. The van der Waals surface area contributed by atoms with Gasteiger partial charge in [-0.15, -0.1) is 0 Å². The van der Waals surface area contributed by atoms with Crippen molar-refractivity contribution in [3.63, 3.8) is 0 Å². The molecule has 0 aromatic heterocycles. The third-order valence-corrected chi connectivity index (χ3v) is 7.30. The van der Waals surface area contributed by atoms with Crippen LogP contribution in [0.25, 0.3) is 0 Å². The summed E-state index contributed by atoms with van der Waals surface area (Å²) in [5.74, 6) is -0.137. The maximum atomic E-state index is 14.0. The average Bonchev–Trinajstić information content (AvgIpc) is 2.76. The Hall–Kier alpha value is -2.25. The highest BCUT2D eigenvalue weighted by atomic mass is 31.2. The quantitative estimate of drug-likeness (QED) is 0.416. The minimum absolute atomic E-state index is 0.157. The first kappa shape index (κ1) is 20.5. The minimum Gasteiger partial charge on any atom is -0.497 e. The van der Waals surface area contributed by atoms with Crippen LogP contribution in [0.4, 0.5) is 4.39 Å². The van der Waals surface area contributed by atoms with Crippen LogP contribution in [0.5, 0.6) is 5.75 Å². The van der Waals surface area contributed by atoms with Gasteiger partial charge in [0, 0.05) is 6.54 Å². The zero-order valence-electron chi connectivity index (χ0n) is 15.4. The lowest BCUT2D eigenvalue weighted by Crippen LogP contribution is -2.49. The number of benzene rings is 2. The SMILES string of the molecule is COc1ccc([P@](=O)(OCCF)N2Cc3ccccc3C[C@@H]2C(=O)NO)cc1. The minimum atomic E-state index is -3.81. The summed E-state index contributed by atoms with van der Waals surface area (Å²) >= 11 is 0. The first-order chi connectivity index (χ1) is 13.5. The number of rotatable bonds is 7. The van der Waals surface area contributed by atoms with Crippen LogP contribution in [0.3, 0.4) is 0 Å². The van der Waals surface area contributed by atoms with Crippen molar-refractivity contribution < 1.29 is 28.2 Å². The molecule has 2 aromatic carbocycles. The van der Waals surface area contributed by atoms with E-state index in [4.69, 9.17) is 9.26 Å². The normalized spacial score (nSPS) is 18.8. The van der Waals surface area contributed by atoms with Gasteiger partial charge in [-0.25, -0.2) is 14.5 Å². The largest absolute Gasteiger partial charge is 0.497 e. The topological polar surface area (TPSA) is 88.1 Å². The van der Waals surface area contributed by atoms with Gasteiger partial charge in [-0.1, -0.05) is 24.3 Å². The molecule has 3 rings (SSSR count). The zero-order valence-corrected chi connectivity index (χ0v) is 16.3. The van der Waals surface area contributed by atoms with Crippen LogP contribution in [-0.4, -0.2) is 42.2 Å². The molecule has 0 aliphatic carbocycles. The van der Waals surface area contributed by atoms with Gasteiger partial charge in [-0.05, 0) is 41.8 Å². The van der Waals surface area contributed by atoms with Gasteiger partial charge in [0.15, 0.2) is 0 Å². The van der Waals surface area contributed by atoms with Crippen LogP contribution in [0.1, 0.15) is 11.1 Å². The first-order valence-corrected chi connectivity index (χ1v) is 10.3. The molecule has 7 nitrogen and oxygen atoms in total. The number of nitrogens with zero attached hydrogens (tertiary/aromatic N) is 1. The molecule has 0 saturated heterocycles. The van der Waals surface area contributed by atoms with Gasteiger partial charge in [0.1, 0.15) is 18.5 Å². The van der Waals surface area contributed by atoms with E-state index in [1.54, 1.807) is 29.7 Å². The number of amides is 1. The standard InChI is InChI=1S/C19H22FN2O5P/c1-26-16-6-8-17(9-7-16)28(25,27-11-10-20)22-13-15-5-3-2-4-14(15)12-18(22)19(23)21-24/h2-9,18,24H,10-13H2,1H3,(H,21,23)/t18-,28+/m1/s1. The number of fused-ring (bicyclic) bond motifs is 1. The molecule has 0 radical (unpaired) electrons. The summed E-state index contributed by atoms with van der Waals surface area (Å²) in [5, 5.41) is 9.52. The van der Waals surface area contributed by atoms with Gasteiger partial charge in [-0.3, -0.25) is 14.6 Å². The van der Waals surface area contributed by atoms with E-state index in [0.29, 0.717) is 11.1 Å². The molecule has 28 heavy (non-hydrogen) atoms. The Balaban J connectivity index is 2.07. The number of halogens is 1. The van der Waals surface area contributed by atoms with E-state index in [0.717, 1.165) is 11.1 Å². The lowest BCUT2D eigenvalue weighted by molar-refractivity contribution is -0.133. The lowest BCUT2D eigenvalue weighted by Gasteiger charge is -2.39. The summed E-state index contributed by atoms with van der Waals surface area (Å²) in [5.41, 5.74) is 3.45. The summed E-state index contributed by atoms with van der Waals surface area (Å²) in [6.07, 6.45) is 0.238. The summed E-state index contributed by atoms with van der Waals surface area (Å²) in [4.78, 5) is 12.4. The van der Waals surface area contributed by atoms with Gasteiger partial charge >= 0.3 is 7.52 Å². The molecule has 0 bridgehead atoms. The molecular weight excluding hydrogens is 386 g/mol. The molecule has 2 N–H and O–H groups in total. The van der Waals surface area contributed by atoms with Crippen molar-refractivity contribution in [3.05, 3.63) is 59.7 Å². The van der Waals surface area contributed by atoms with Gasteiger partial charge in [0.25, 0.3) is 5.91 Å². The first-order valence-electron chi connectivity index (χ1n) is 8.76. The van der Waals surface area contributed by atoms with Crippen LogP contribution in [0.15, 0.2) is 48.5 Å². The number of carbonyl (C=O) groups is 1. The van der Waals surface area contributed by atoms with Crippen LogP contribution in [-0.2, 0) is 26.8 Å². The van der Waals surface area contributed by atoms with E-state index in [2.05, 4.69) is 0 Å². The number of nitrogens with one attached hydrogen (secondary N) is 1. The lowest BCUT2D eigenvalue weighted by atomic mass is 9.95. The molecule has 0 unspecified atom stereocenters. The Kier molecular flexibility index (Phi) is 6.46. The fourth-order valence-electron chi connectivity index (χ4n) is 3.31. The van der Waals surface area contributed by atoms with E-state index in [1.165, 1.54) is 11.8 Å². The summed E-state index contributed by atoms with van der Waals surface area (Å²) < 4.78 is 39.0. The van der Waals surface area contributed by atoms with Crippen molar-refractivity contribution in [2.24, 2.45) is 0 Å². The average molecular weight is 408 g/mol. The predicted octanol–water partition coefficient (Wildman–Crippen LogP) is 2.43. The fourth-order valence-corrected chi connectivity index (χ4v) is 5.64. The highest BCUT2D eigenvalue weighted by molar-refractivity contribution is 7.64. The predicted molar refractivity (Wildman–Crippen MR) is 102 cm³/mol. The van der Waals surface area contributed by atoms with Gasteiger partial charge < -0.3 is 9.26 Å². The van der Waals surface area contributed by atoms with E-state index < -0.39 is 26.1 Å². The van der Waals surface area contributed by atoms with Crippen molar-refractivity contribution in [2.75, 3.05) is 20.4 Å². The van der Waals surface area contributed by atoms with Crippen molar-refractivity contribution in [1.82, 2.24) is 10.2 Å². The van der Waals surface area contributed by atoms with Crippen molar-refractivity contribution in [3.8, 4) is 5.75 Å². The third kappa shape index (κ3) is 3.95. The van der Waals surface area contributed by atoms with Crippen molar-refractivity contribution >= 4 is 18.7 Å². The molecule has 0 saturated carbocycles. The molecule has 1 aliphatic heterocycles. The van der Waals surface area contributed by atoms with Crippen molar-refractivity contribution in [1.29, 1.82) is 0 Å². The number of hydrogen-bond acceptors (Lipinski definition) is 5. The highest BCUT2D eigenvalue weighted by Gasteiger charge is 2.44. The highest BCUT2D eigenvalue weighted by Crippen LogP contribution is 2.53. The number of hydroxylamine groups is 1. The zero-order chi connectivity index (χ0) is 20.1. The monoisotopic (exact) mass is 408 g/mol. The van der Waals surface area contributed by atoms with E-state index in [1.807, 2.05) is 24.3 Å². The molecule has 9 heteroatoms. The summed E-state index contributed by atoms with van der Waals surface area (Å²) in [7, 11) is -2.30. The van der Waals surface area contributed by atoms with E-state index in [9.17, 15) is 19.0 Å². The fraction of sp³-hybridized carbons (Fsp3) is 0.316. The van der Waals surface area contributed by atoms with E-state index in [-0.39, 0.29) is 19.6 Å². The molecule has 2 aromatic rings. The Morgan fingerprint density at radius 3 is 2.54 bits per heavy atom. The summed E-state index contributed by atoms with van der Waals surface area (Å²) in [6, 6.07) is 12.9. The maximum absolute atomic E-state index is 14.0. The Bertz CT molecular complexity index is 877. The van der Waals surface area contributed by atoms with Gasteiger partial charge in [0.05, 0.1) is 19.0 Å². The molecule has 1 amide bonds. The molecule has 2 atom stereocenters. The second-order valence-electron chi connectivity index (χ2n) is 6.30. The van der Waals surface area contributed by atoms with Gasteiger partial charge in [-0.2, -0.15) is 0 Å². The summed E-state index contributed by atoms with van der Waals surface area (Å²) in [6.45, 7) is -1.04. The maximum Gasteiger partial charge on any atom is 0.303 e. The molecule has 1 heterocycles. The van der Waals surface area contributed by atoms with Crippen molar-refractivity contribution in [2.45, 2.75) is 19.0 Å². The second kappa shape index (κ2) is 8.84. The van der Waals surface area contributed by atoms with E-state index >= 15 is 0 Å². The molecule has 150 valence electrons. The number of methoxy groups -OCH3 is 1. The number of alkyl halides is 1.